The van der Waals surface area contributed by atoms with E-state index in [0.29, 0.717) is 0 Å². The molecule has 0 spiro atoms. The van der Waals surface area contributed by atoms with Gasteiger partial charge in [0.25, 0.3) is 5.91 Å². The Kier molecular flexibility index (Phi) is 5.90. The molecule has 1 aromatic heterocycles. The highest BCUT2D eigenvalue weighted by Crippen LogP contribution is 2.24. The van der Waals surface area contributed by atoms with Crippen LogP contribution in [-0.2, 0) is 17.8 Å². The molecular formula is C16H22FN5O4S. The summed E-state index contributed by atoms with van der Waals surface area (Å²) in [5.74, 6) is -1.03. The van der Waals surface area contributed by atoms with Crippen molar-refractivity contribution in [3.05, 3.63) is 15.6 Å². The smallest absolute Gasteiger partial charge is 0.404 e. The third-order valence-corrected chi connectivity index (χ3v) is 5.70. The minimum absolute atomic E-state index is 0.0455. The summed E-state index contributed by atoms with van der Waals surface area (Å²) in [7, 11) is 1.99. The average Bonchev–Trinajstić information content (AvgIpc) is 3.23. The van der Waals surface area contributed by atoms with Gasteiger partial charge in [0, 0.05) is 30.9 Å². The van der Waals surface area contributed by atoms with Crippen LogP contribution in [-0.4, -0.2) is 83.2 Å². The molecule has 0 bridgehead atoms. The van der Waals surface area contributed by atoms with Crippen molar-refractivity contribution in [1.82, 2.24) is 25.4 Å². The number of fused-ring (bicyclic) bond motifs is 1. The van der Waals surface area contributed by atoms with Gasteiger partial charge < -0.3 is 25.5 Å². The maximum absolute atomic E-state index is 13.4. The van der Waals surface area contributed by atoms with Crippen molar-refractivity contribution in [2.45, 2.75) is 31.6 Å². The maximum Gasteiger partial charge on any atom is 0.404 e. The maximum atomic E-state index is 13.4. The Morgan fingerprint density at radius 2 is 2.19 bits per heavy atom. The molecule has 0 aliphatic carbocycles. The van der Waals surface area contributed by atoms with E-state index in [-0.39, 0.29) is 31.1 Å². The fourth-order valence-electron chi connectivity index (χ4n) is 3.17. The van der Waals surface area contributed by atoms with Gasteiger partial charge in [0.05, 0.1) is 18.8 Å². The number of alkyl halides is 1. The highest BCUT2D eigenvalue weighted by Gasteiger charge is 2.33. The van der Waals surface area contributed by atoms with Gasteiger partial charge in [-0.05, 0) is 13.5 Å². The quantitative estimate of drug-likeness (QED) is 0.645. The molecule has 2 atom stereocenters. The number of likely N-dealkylation sites (tertiary alicyclic amines) is 1. The number of aromatic nitrogens is 1. The summed E-state index contributed by atoms with van der Waals surface area (Å²) in [5, 5.41) is 13.7. The molecule has 3 N–H and O–H groups in total. The van der Waals surface area contributed by atoms with Gasteiger partial charge in [-0.1, -0.05) is 0 Å². The number of likely N-dealkylation sites (N-methyl/N-ethyl adjacent to an activating group) is 1. The predicted octanol–water partition coefficient (Wildman–Crippen LogP) is 0.0674. The Morgan fingerprint density at radius 1 is 1.41 bits per heavy atom. The lowest BCUT2D eigenvalue weighted by Gasteiger charge is -2.23. The van der Waals surface area contributed by atoms with Crippen LogP contribution in [0, 0.1) is 0 Å². The number of amides is 3. The molecule has 1 unspecified atom stereocenters. The third kappa shape index (κ3) is 4.72. The van der Waals surface area contributed by atoms with Crippen LogP contribution in [0.25, 0.3) is 0 Å². The van der Waals surface area contributed by atoms with Crippen molar-refractivity contribution in [2.75, 3.05) is 33.2 Å². The predicted molar refractivity (Wildman–Crippen MR) is 95.5 cm³/mol. The molecule has 2 aliphatic rings. The number of rotatable bonds is 5. The minimum Gasteiger partial charge on any atom is -0.465 e. The molecule has 1 saturated heterocycles. The Bertz CT molecular complexity index is 742. The molecule has 11 heteroatoms. The first-order valence-corrected chi connectivity index (χ1v) is 9.52. The standard InChI is InChI=1S/C16H22FN5O4S/c1-21-4-3-10-12(8-21)27-14(20-10)13(23)19-11(6-18-16(25)26)15(24)22-5-2-9(17)7-22/h9,11,18H,2-8H2,1H3,(H,19,23)(H,25,26)/t9-,11?/m1/s1. The first-order valence-electron chi connectivity index (χ1n) is 8.71. The second-order valence-corrected chi connectivity index (χ2v) is 7.84. The van der Waals surface area contributed by atoms with Crippen LogP contribution < -0.4 is 10.6 Å². The Hall–Kier alpha value is -2.27. The van der Waals surface area contributed by atoms with Gasteiger partial charge >= 0.3 is 6.09 Å². The first-order chi connectivity index (χ1) is 12.8. The lowest BCUT2D eigenvalue weighted by molar-refractivity contribution is -0.132. The van der Waals surface area contributed by atoms with Crippen LogP contribution >= 0.6 is 11.3 Å². The van der Waals surface area contributed by atoms with E-state index in [9.17, 15) is 18.8 Å². The molecular weight excluding hydrogens is 377 g/mol. The van der Waals surface area contributed by atoms with Crippen molar-refractivity contribution >= 4 is 29.2 Å². The van der Waals surface area contributed by atoms with E-state index in [0.717, 1.165) is 30.1 Å². The number of carbonyl (C=O) groups excluding carboxylic acids is 2. The number of thiazole rings is 1. The van der Waals surface area contributed by atoms with Gasteiger partial charge in [-0.25, -0.2) is 14.2 Å². The van der Waals surface area contributed by atoms with E-state index >= 15 is 0 Å². The number of nitrogens with zero attached hydrogens (tertiary/aromatic N) is 3. The minimum atomic E-state index is -1.31. The van der Waals surface area contributed by atoms with Crippen LogP contribution in [0.4, 0.5) is 9.18 Å². The Morgan fingerprint density at radius 3 is 2.85 bits per heavy atom. The molecule has 3 heterocycles. The van der Waals surface area contributed by atoms with E-state index in [1.807, 2.05) is 7.05 Å². The van der Waals surface area contributed by atoms with Gasteiger partial charge in [0.1, 0.15) is 12.2 Å². The van der Waals surface area contributed by atoms with E-state index in [4.69, 9.17) is 5.11 Å². The normalized spacial score (nSPS) is 20.8. The van der Waals surface area contributed by atoms with E-state index in [2.05, 4.69) is 20.5 Å². The van der Waals surface area contributed by atoms with Crippen LogP contribution in [0.1, 0.15) is 26.8 Å². The van der Waals surface area contributed by atoms with Crippen molar-refractivity contribution in [1.29, 1.82) is 0 Å². The van der Waals surface area contributed by atoms with E-state index in [1.165, 1.54) is 16.2 Å². The van der Waals surface area contributed by atoms with Gasteiger partial charge in [0.15, 0.2) is 5.01 Å². The Labute approximate surface area is 159 Å². The molecule has 2 aliphatic heterocycles. The van der Waals surface area contributed by atoms with E-state index < -0.39 is 30.1 Å². The molecule has 3 amide bonds. The van der Waals surface area contributed by atoms with Crippen molar-refractivity contribution in [3.8, 4) is 0 Å². The summed E-state index contributed by atoms with van der Waals surface area (Å²) in [6, 6.07) is -1.11. The van der Waals surface area contributed by atoms with Gasteiger partial charge in [-0.2, -0.15) is 0 Å². The van der Waals surface area contributed by atoms with Crippen LogP contribution in [0.15, 0.2) is 0 Å². The molecule has 9 nitrogen and oxygen atoms in total. The highest BCUT2D eigenvalue weighted by atomic mass is 32.1. The molecule has 27 heavy (non-hydrogen) atoms. The van der Waals surface area contributed by atoms with Gasteiger partial charge in [0.2, 0.25) is 5.91 Å². The summed E-state index contributed by atoms with van der Waals surface area (Å²) < 4.78 is 13.4. The number of hydrogen-bond acceptors (Lipinski definition) is 6. The lowest BCUT2D eigenvalue weighted by atomic mass is 10.2. The SMILES string of the molecule is CN1CCc2nc(C(=O)NC(CNC(=O)O)C(=O)N3CC[C@@H](F)C3)sc2C1. The summed E-state index contributed by atoms with van der Waals surface area (Å²) in [6.07, 6.45) is -1.41. The largest absolute Gasteiger partial charge is 0.465 e. The molecule has 0 aromatic carbocycles. The number of halogens is 1. The topological polar surface area (TPSA) is 115 Å². The number of nitrogens with one attached hydrogen (secondary N) is 2. The summed E-state index contributed by atoms with van der Waals surface area (Å²) in [4.78, 5) is 44.8. The first kappa shape index (κ1) is 19.5. The molecule has 0 saturated carbocycles. The fraction of sp³-hybridized carbons (Fsp3) is 0.625. The monoisotopic (exact) mass is 399 g/mol. The third-order valence-electron chi connectivity index (χ3n) is 4.62. The summed E-state index contributed by atoms with van der Waals surface area (Å²) in [6.45, 7) is 1.49. The molecule has 3 rings (SSSR count). The van der Waals surface area contributed by atoms with Gasteiger partial charge in [-0.15, -0.1) is 11.3 Å². The van der Waals surface area contributed by atoms with Gasteiger partial charge in [-0.3, -0.25) is 9.59 Å². The fourth-order valence-corrected chi connectivity index (χ4v) is 4.26. The van der Waals surface area contributed by atoms with Crippen LogP contribution in [0.2, 0.25) is 0 Å². The summed E-state index contributed by atoms with van der Waals surface area (Å²) >= 11 is 1.27. The second kappa shape index (κ2) is 8.17. The zero-order valence-corrected chi connectivity index (χ0v) is 15.7. The van der Waals surface area contributed by atoms with Crippen molar-refractivity contribution in [3.63, 3.8) is 0 Å². The number of carbonyl (C=O) groups is 3. The molecule has 1 aromatic rings. The molecule has 0 radical (unpaired) electrons. The average molecular weight is 399 g/mol. The summed E-state index contributed by atoms with van der Waals surface area (Å²) in [5.41, 5.74) is 0.884. The zero-order chi connectivity index (χ0) is 19.6. The highest BCUT2D eigenvalue weighted by molar-refractivity contribution is 7.13. The van der Waals surface area contributed by atoms with Crippen molar-refractivity contribution < 1.29 is 23.9 Å². The van der Waals surface area contributed by atoms with Crippen molar-refractivity contribution in [2.24, 2.45) is 0 Å². The number of hydrogen-bond donors (Lipinski definition) is 3. The number of carboxylic acid groups (broad SMARTS) is 1. The van der Waals surface area contributed by atoms with Crippen LogP contribution in [0.3, 0.4) is 0 Å². The molecule has 148 valence electrons. The van der Waals surface area contributed by atoms with E-state index in [1.54, 1.807) is 0 Å². The zero-order valence-electron chi connectivity index (χ0n) is 14.9. The lowest BCUT2D eigenvalue weighted by Crippen LogP contribution is -2.53. The molecule has 1 fully saturated rings. The second-order valence-electron chi connectivity index (χ2n) is 6.76. The Balaban J connectivity index is 1.70. The van der Waals surface area contributed by atoms with Crippen LogP contribution in [0.5, 0.6) is 0 Å².